The van der Waals surface area contributed by atoms with Gasteiger partial charge in [0.25, 0.3) is 0 Å². The van der Waals surface area contributed by atoms with Crippen LogP contribution in [0.5, 0.6) is 5.88 Å². The molecule has 1 rings (SSSR count). The molecule has 0 saturated heterocycles. The predicted octanol–water partition coefficient (Wildman–Crippen LogP) is 0.0591. The molecule has 1 aromatic heterocycles. The highest BCUT2D eigenvalue weighted by Gasteiger charge is 2.23. The van der Waals surface area contributed by atoms with E-state index in [4.69, 9.17) is 16.3 Å². The van der Waals surface area contributed by atoms with Crippen molar-refractivity contribution < 1.29 is 19.7 Å². The molecule has 106 valence electrons. The van der Waals surface area contributed by atoms with Crippen LogP contribution < -0.4 is 10.1 Å². The molecular weight excluding hydrogens is 274 g/mol. The number of amides is 1. The van der Waals surface area contributed by atoms with Crippen LogP contribution >= 0.6 is 11.6 Å². The van der Waals surface area contributed by atoms with Crippen LogP contribution in [0.3, 0.4) is 0 Å². The molecule has 0 spiro atoms. The minimum atomic E-state index is -1.22. The summed E-state index contributed by atoms with van der Waals surface area (Å²) in [5.41, 5.74) is 0.238. The standard InChI is InChI=1S/C11H16ClN3O4/c1-6(16)13-4-3-8(17)9(18)7-5-14-11(12)15-10(7)19-2/h5,8-9,17-18H,3-4H2,1-2H3,(H,13,16). The lowest BCUT2D eigenvalue weighted by Gasteiger charge is -2.19. The van der Waals surface area contributed by atoms with E-state index in [1.165, 1.54) is 20.2 Å². The van der Waals surface area contributed by atoms with Gasteiger partial charge in [-0.15, -0.1) is 0 Å². The number of aliphatic hydroxyl groups is 2. The number of rotatable bonds is 6. The smallest absolute Gasteiger partial charge is 0.225 e. The van der Waals surface area contributed by atoms with Gasteiger partial charge in [0, 0.05) is 19.7 Å². The second kappa shape index (κ2) is 7.22. The molecule has 0 fully saturated rings. The van der Waals surface area contributed by atoms with E-state index in [0.29, 0.717) is 0 Å². The number of carbonyl (C=O) groups excluding carboxylic acids is 1. The molecule has 0 aliphatic rings. The molecule has 1 heterocycles. The zero-order valence-electron chi connectivity index (χ0n) is 10.6. The Morgan fingerprint density at radius 2 is 2.26 bits per heavy atom. The number of halogens is 1. The van der Waals surface area contributed by atoms with Crippen molar-refractivity contribution in [2.24, 2.45) is 0 Å². The van der Waals surface area contributed by atoms with Gasteiger partial charge in [-0.2, -0.15) is 4.98 Å². The van der Waals surface area contributed by atoms with E-state index in [0.717, 1.165) is 0 Å². The van der Waals surface area contributed by atoms with Gasteiger partial charge in [-0.25, -0.2) is 4.98 Å². The van der Waals surface area contributed by atoms with Crippen LogP contribution in [-0.4, -0.2) is 45.8 Å². The average molecular weight is 290 g/mol. The third-order valence-corrected chi connectivity index (χ3v) is 2.62. The Balaban J connectivity index is 2.70. The summed E-state index contributed by atoms with van der Waals surface area (Å²) in [7, 11) is 1.37. The summed E-state index contributed by atoms with van der Waals surface area (Å²) in [6.07, 6.45) is -0.820. The summed E-state index contributed by atoms with van der Waals surface area (Å²) in [5.74, 6) is -0.0971. The maximum Gasteiger partial charge on any atom is 0.225 e. The molecule has 0 bridgehead atoms. The Morgan fingerprint density at radius 3 is 2.84 bits per heavy atom. The fourth-order valence-corrected chi connectivity index (χ4v) is 1.61. The molecule has 0 aromatic carbocycles. The molecule has 1 amide bonds. The van der Waals surface area contributed by atoms with Gasteiger partial charge in [-0.3, -0.25) is 4.79 Å². The number of aromatic nitrogens is 2. The Kier molecular flexibility index (Phi) is 5.94. The first-order valence-corrected chi connectivity index (χ1v) is 6.00. The number of carbonyl (C=O) groups is 1. The molecule has 0 aliphatic heterocycles. The fourth-order valence-electron chi connectivity index (χ4n) is 1.48. The first kappa shape index (κ1) is 15.6. The molecule has 8 heteroatoms. The maximum absolute atomic E-state index is 10.7. The third-order valence-electron chi connectivity index (χ3n) is 2.44. The highest BCUT2D eigenvalue weighted by molar-refractivity contribution is 6.28. The highest BCUT2D eigenvalue weighted by atomic mass is 35.5. The molecule has 0 aliphatic carbocycles. The summed E-state index contributed by atoms with van der Waals surface area (Å²) < 4.78 is 4.96. The highest BCUT2D eigenvalue weighted by Crippen LogP contribution is 2.26. The summed E-state index contributed by atoms with van der Waals surface area (Å²) in [4.78, 5) is 18.2. The predicted molar refractivity (Wildman–Crippen MR) is 67.9 cm³/mol. The number of hydrogen-bond acceptors (Lipinski definition) is 6. The largest absolute Gasteiger partial charge is 0.481 e. The second-order valence-electron chi connectivity index (χ2n) is 3.89. The molecule has 2 unspecified atom stereocenters. The quantitative estimate of drug-likeness (QED) is 0.640. The normalized spacial score (nSPS) is 13.7. The van der Waals surface area contributed by atoms with Crippen molar-refractivity contribution in [2.45, 2.75) is 25.6 Å². The van der Waals surface area contributed by atoms with Crippen molar-refractivity contribution in [1.29, 1.82) is 0 Å². The first-order valence-electron chi connectivity index (χ1n) is 5.62. The minimum absolute atomic E-state index is 0.0134. The van der Waals surface area contributed by atoms with Crippen molar-refractivity contribution in [3.63, 3.8) is 0 Å². The van der Waals surface area contributed by atoms with E-state index in [1.54, 1.807) is 0 Å². The fraction of sp³-hybridized carbons (Fsp3) is 0.545. The lowest BCUT2D eigenvalue weighted by Crippen LogP contribution is -2.28. The van der Waals surface area contributed by atoms with Crippen LogP contribution in [-0.2, 0) is 4.79 Å². The molecule has 2 atom stereocenters. The van der Waals surface area contributed by atoms with Crippen LogP contribution in [0.2, 0.25) is 5.28 Å². The van der Waals surface area contributed by atoms with E-state index in [-0.39, 0.29) is 35.6 Å². The lowest BCUT2D eigenvalue weighted by atomic mass is 10.0. The van der Waals surface area contributed by atoms with E-state index in [2.05, 4.69) is 15.3 Å². The minimum Gasteiger partial charge on any atom is -0.481 e. The van der Waals surface area contributed by atoms with Gasteiger partial charge in [-0.05, 0) is 18.0 Å². The van der Waals surface area contributed by atoms with Gasteiger partial charge in [0.15, 0.2) is 0 Å². The van der Waals surface area contributed by atoms with Gasteiger partial charge in [0.05, 0.1) is 18.8 Å². The second-order valence-corrected chi connectivity index (χ2v) is 4.23. The van der Waals surface area contributed by atoms with Gasteiger partial charge in [0.1, 0.15) is 6.10 Å². The number of hydrogen-bond donors (Lipinski definition) is 3. The Bertz CT molecular complexity index is 444. The van der Waals surface area contributed by atoms with Crippen molar-refractivity contribution >= 4 is 17.5 Å². The molecule has 0 saturated carbocycles. The van der Waals surface area contributed by atoms with Crippen molar-refractivity contribution in [1.82, 2.24) is 15.3 Å². The van der Waals surface area contributed by atoms with Crippen LogP contribution in [0.25, 0.3) is 0 Å². The summed E-state index contributed by atoms with van der Waals surface area (Å²) >= 11 is 5.60. The molecule has 1 aromatic rings. The summed E-state index contributed by atoms with van der Waals surface area (Å²) in [6, 6.07) is 0. The Morgan fingerprint density at radius 1 is 1.58 bits per heavy atom. The molecular formula is C11H16ClN3O4. The molecule has 3 N–H and O–H groups in total. The maximum atomic E-state index is 10.7. The average Bonchev–Trinajstić information content (AvgIpc) is 2.37. The van der Waals surface area contributed by atoms with Crippen LogP contribution in [0.15, 0.2) is 6.20 Å². The van der Waals surface area contributed by atoms with E-state index in [9.17, 15) is 15.0 Å². The summed E-state index contributed by atoms with van der Waals surface area (Å²) in [6.45, 7) is 1.63. The van der Waals surface area contributed by atoms with E-state index in [1.807, 2.05) is 0 Å². The number of ether oxygens (including phenoxy) is 1. The van der Waals surface area contributed by atoms with Crippen LogP contribution in [0.1, 0.15) is 25.0 Å². The Labute approximate surface area is 115 Å². The topological polar surface area (TPSA) is 105 Å². The monoisotopic (exact) mass is 289 g/mol. The van der Waals surface area contributed by atoms with Crippen LogP contribution in [0, 0.1) is 0 Å². The lowest BCUT2D eigenvalue weighted by molar-refractivity contribution is -0.119. The first-order chi connectivity index (χ1) is 8.95. The van der Waals surface area contributed by atoms with Crippen molar-refractivity contribution in [3.05, 3.63) is 17.0 Å². The van der Waals surface area contributed by atoms with Gasteiger partial charge in [0.2, 0.25) is 17.1 Å². The van der Waals surface area contributed by atoms with Gasteiger partial charge in [-0.1, -0.05) is 0 Å². The van der Waals surface area contributed by atoms with E-state index < -0.39 is 12.2 Å². The number of nitrogens with zero attached hydrogens (tertiary/aromatic N) is 2. The Hall–Kier alpha value is -1.44. The summed E-state index contributed by atoms with van der Waals surface area (Å²) in [5, 5.41) is 22.3. The van der Waals surface area contributed by atoms with Gasteiger partial charge < -0.3 is 20.3 Å². The number of aliphatic hydroxyl groups excluding tert-OH is 2. The zero-order chi connectivity index (χ0) is 14.4. The SMILES string of the molecule is COc1nc(Cl)ncc1C(O)C(O)CCNC(C)=O. The molecule has 0 radical (unpaired) electrons. The molecule has 7 nitrogen and oxygen atoms in total. The molecule has 19 heavy (non-hydrogen) atoms. The van der Waals surface area contributed by atoms with Crippen molar-refractivity contribution in [2.75, 3.05) is 13.7 Å². The van der Waals surface area contributed by atoms with Gasteiger partial charge >= 0.3 is 0 Å². The number of methoxy groups -OCH3 is 1. The van der Waals surface area contributed by atoms with Crippen LogP contribution in [0.4, 0.5) is 0 Å². The van der Waals surface area contributed by atoms with E-state index >= 15 is 0 Å². The van der Waals surface area contributed by atoms with Crippen molar-refractivity contribution in [3.8, 4) is 5.88 Å². The number of nitrogens with one attached hydrogen (secondary N) is 1. The zero-order valence-corrected chi connectivity index (χ0v) is 11.4. The third kappa shape index (κ3) is 4.62.